The summed E-state index contributed by atoms with van der Waals surface area (Å²) in [5.41, 5.74) is 0.883. The molecule has 6 heteroatoms. The van der Waals surface area contributed by atoms with Gasteiger partial charge in [-0.25, -0.2) is 4.98 Å². The van der Waals surface area contributed by atoms with Crippen molar-refractivity contribution in [3.63, 3.8) is 0 Å². The third kappa shape index (κ3) is 2.26. The van der Waals surface area contributed by atoms with Gasteiger partial charge >= 0.3 is 0 Å². The number of thiazole rings is 1. The van der Waals surface area contributed by atoms with E-state index in [1.807, 2.05) is 18.2 Å². The maximum Gasteiger partial charge on any atom is 0.245 e. The Morgan fingerprint density at radius 3 is 2.73 bits per heavy atom. The number of hydrogen-bond acceptors (Lipinski definition) is 5. The van der Waals surface area contributed by atoms with E-state index in [0.717, 1.165) is 66.2 Å². The predicted molar refractivity (Wildman–Crippen MR) is 103 cm³/mol. The van der Waals surface area contributed by atoms with Gasteiger partial charge in [0.2, 0.25) is 5.91 Å². The summed E-state index contributed by atoms with van der Waals surface area (Å²) >= 11 is 1.68. The van der Waals surface area contributed by atoms with E-state index in [2.05, 4.69) is 16.3 Å². The molecular formula is C20H22N4OS. The maximum atomic E-state index is 12.9. The Labute approximate surface area is 157 Å². The first-order valence-electron chi connectivity index (χ1n) is 9.54. The van der Waals surface area contributed by atoms with Crippen LogP contribution in [0, 0.1) is 22.2 Å². The fraction of sp³-hybridized carbons (Fsp3) is 0.550. The summed E-state index contributed by atoms with van der Waals surface area (Å²) in [5.74, 6) is -0.120. The van der Waals surface area contributed by atoms with Gasteiger partial charge in [0.05, 0.1) is 16.3 Å². The monoisotopic (exact) mass is 366 g/mol. The Morgan fingerprint density at radius 2 is 2.00 bits per heavy atom. The molecule has 1 unspecified atom stereocenters. The summed E-state index contributed by atoms with van der Waals surface area (Å²) in [6.07, 6.45) is 7.50. The van der Waals surface area contributed by atoms with Crippen molar-refractivity contribution in [1.82, 2.24) is 4.98 Å². The topological polar surface area (TPSA) is 69.0 Å². The van der Waals surface area contributed by atoms with Gasteiger partial charge in [-0.3, -0.25) is 4.79 Å². The van der Waals surface area contributed by atoms with E-state index in [0.29, 0.717) is 0 Å². The number of nitriles is 1. The fourth-order valence-corrected chi connectivity index (χ4v) is 5.98. The van der Waals surface area contributed by atoms with Crippen LogP contribution in [0.15, 0.2) is 18.2 Å². The van der Waals surface area contributed by atoms with Crippen LogP contribution in [0.25, 0.3) is 10.2 Å². The number of rotatable bonds is 3. The minimum atomic E-state index is -0.813. The van der Waals surface area contributed by atoms with E-state index in [-0.39, 0.29) is 11.3 Å². The lowest BCUT2D eigenvalue weighted by Crippen LogP contribution is -2.27. The Bertz CT molecular complexity index is 918. The van der Waals surface area contributed by atoms with Crippen LogP contribution in [0.1, 0.15) is 44.9 Å². The number of benzene rings is 1. The zero-order valence-corrected chi connectivity index (χ0v) is 15.6. The standard InChI is InChI=1S/C20H22N4OS/c21-13-20(12-19(20)7-1-2-8-19)17(25)22-14-5-6-15-16(11-14)26-18(23-15)24-9-3-4-10-24/h5-6,11H,1-4,7-10,12H2,(H,22,25). The predicted octanol–water partition coefficient (Wildman–Crippen LogP) is 4.31. The molecule has 1 saturated heterocycles. The Balaban J connectivity index is 1.38. The molecule has 1 aliphatic heterocycles. The maximum absolute atomic E-state index is 12.9. The van der Waals surface area contributed by atoms with Crippen molar-refractivity contribution >= 4 is 38.3 Å². The molecule has 1 N–H and O–H groups in total. The molecule has 1 spiro atoms. The van der Waals surface area contributed by atoms with Gasteiger partial charge in [-0.1, -0.05) is 24.2 Å². The lowest BCUT2D eigenvalue weighted by molar-refractivity contribution is -0.120. The first-order valence-corrected chi connectivity index (χ1v) is 10.4. The molecule has 2 heterocycles. The van der Waals surface area contributed by atoms with Gasteiger partial charge in [0.15, 0.2) is 5.13 Å². The minimum absolute atomic E-state index is 0.0522. The summed E-state index contributed by atoms with van der Waals surface area (Å²) in [7, 11) is 0. The van der Waals surface area contributed by atoms with Crippen molar-refractivity contribution < 1.29 is 4.79 Å². The molecule has 2 aliphatic carbocycles. The number of carbonyl (C=O) groups is 1. The number of anilines is 2. The molecule has 0 radical (unpaired) electrons. The lowest BCUT2D eigenvalue weighted by atomic mass is 9.91. The lowest BCUT2D eigenvalue weighted by Gasteiger charge is -2.15. The summed E-state index contributed by atoms with van der Waals surface area (Å²) < 4.78 is 1.09. The Hall–Kier alpha value is -2.13. The highest BCUT2D eigenvalue weighted by molar-refractivity contribution is 7.22. The molecule has 134 valence electrons. The van der Waals surface area contributed by atoms with Crippen LogP contribution in [-0.2, 0) is 4.79 Å². The molecule has 1 aromatic carbocycles. The summed E-state index contributed by atoms with van der Waals surface area (Å²) in [6, 6.07) is 8.23. The molecule has 3 fully saturated rings. The average molecular weight is 366 g/mol. The van der Waals surface area contributed by atoms with Crippen molar-refractivity contribution in [2.24, 2.45) is 10.8 Å². The number of amides is 1. The molecule has 5 rings (SSSR count). The Morgan fingerprint density at radius 1 is 1.23 bits per heavy atom. The van der Waals surface area contributed by atoms with E-state index in [4.69, 9.17) is 4.98 Å². The number of nitrogens with zero attached hydrogens (tertiary/aromatic N) is 3. The van der Waals surface area contributed by atoms with Gasteiger partial charge < -0.3 is 10.2 Å². The summed E-state index contributed by atoms with van der Waals surface area (Å²) in [6.45, 7) is 2.16. The van der Waals surface area contributed by atoms with Crippen LogP contribution in [-0.4, -0.2) is 24.0 Å². The average Bonchev–Trinajstić information content (AvgIpc) is 3.16. The molecular weight excluding hydrogens is 344 g/mol. The number of fused-ring (bicyclic) bond motifs is 1. The highest BCUT2D eigenvalue weighted by Crippen LogP contribution is 2.71. The third-order valence-corrected chi connectivity index (χ3v) is 7.61. The summed E-state index contributed by atoms with van der Waals surface area (Å²) in [5, 5.41) is 13.8. The number of aromatic nitrogens is 1. The number of nitrogens with one attached hydrogen (secondary N) is 1. The quantitative estimate of drug-likeness (QED) is 0.879. The van der Waals surface area contributed by atoms with Gasteiger partial charge in [0.25, 0.3) is 0 Å². The van der Waals surface area contributed by atoms with E-state index >= 15 is 0 Å². The van der Waals surface area contributed by atoms with Crippen LogP contribution in [0.3, 0.4) is 0 Å². The zero-order valence-electron chi connectivity index (χ0n) is 14.8. The molecule has 3 aliphatic rings. The van der Waals surface area contributed by atoms with Gasteiger partial charge in [-0.2, -0.15) is 5.26 Å². The molecule has 2 saturated carbocycles. The van der Waals surface area contributed by atoms with Crippen molar-refractivity contribution in [2.75, 3.05) is 23.3 Å². The van der Waals surface area contributed by atoms with Gasteiger partial charge in [0.1, 0.15) is 5.41 Å². The molecule has 1 atom stereocenters. The van der Waals surface area contributed by atoms with Gasteiger partial charge in [-0.15, -0.1) is 0 Å². The van der Waals surface area contributed by atoms with Crippen LogP contribution in [0.2, 0.25) is 0 Å². The normalized spacial score (nSPS) is 26.3. The van der Waals surface area contributed by atoms with Crippen molar-refractivity contribution in [2.45, 2.75) is 44.9 Å². The molecule has 1 amide bonds. The van der Waals surface area contributed by atoms with Crippen LogP contribution in [0.5, 0.6) is 0 Å². The third-order valence-electron chi connectivity index (χ3n) is 6.53. The number of hydrogen-bond donors (Lipinski definition) is 1. The largest absolute Gasteiger partial charge is 0.348 e. The van der Waals surface area contributed by atoms with E-state index in [9.17, 15) is 10.1 Å². The zero-order chi connectivity index (χ0) is 17.8. The SMILES string of the molecule is N#CC1(C(=O)Nc2ccc3nc(N4CCCC4)sc3c2)CC12CCCC2. The molecule has 5 nitrogen and oxygen atoms in total. The first kappa shape index (κ1) is 16.1. The minimum Gasteiger partial charge on any atom is -0.348 e. The first-order chi connectivity index (χ1) is 12.7. The Kier molecular flexibility index (Phi) is 3.51. The van der Waals surface area contributed by atoms with Gasteiger partial charge in [0, 0.05) is 24.2 Å². The van der Waals surface area contributed by atoms with Crippen molar-refractivity contribution in [3.8, 4) is 6.07 Å². The van der Waals surface area contributed by atoms with Gasteiger partial charge in [-0.05, 0) is 50.3 Å². The van der Waals surface area contributed by atoms with Crippen LogP contribution in [0.4, 0.5) is 10.8 Å². The van der Waals surface area contributed by atoms with Crippen LogP contribution >= 0.6 is 11.3 Å². The van der Waals surface area contributed by atoms with E-state index in [1.165, 1.54) is 12.8 Å². The molecule has 26 heavy (non-hydrogen) atoms. The highest BCUT2D eigenvalue weighted by atomic mass is 32.1. The molecule has 1 aromatic heterocycles. The van der Waals surface area contributed by atoms with Crippen LogP contribution < -0.4 is 10.2 Å². The fourth-order valence-electron chi connectivity index (χ4n) is 4.92. The number of carbonyl (C=O) groups excluding carboxylic acids is 1. The second-order valence-electron chi connectivity index (χ2n) is 8.01. The highest BCUT2D eigenvalue weighted by Gasteiger charge is 2.72. The van der Waals surface area contributed by atoms with Crippen molar-refractivity contribution in [1.29, 1.82) is 5.26 Å². The van der Waals surface area contributed by atoms with Crippen molar-refractivity contribution in [3.05, 3.63) is 18.2 Å². The van der Waals surface area contributed by atoms with E-state index < -0.39 is 5.41 Å². The molecule has 0 bridgehead atoms. The molecule has 2 aromatic rings. The summed E-state index contributed by atoms with van der Waals surface area (Å²) in [4.78, 5) is 19.9. The van der Waals surface area contributed by atoms with E-state index in [1.54, 1.807) is 11.3 Å². The second kappa shape index (κ2) is 5.68. The smallest absolute Gasteiger partial charge is 0.245 e. The second-order valence-corrected chi connectivity index (χ2v) is 9.02.